The Kier molecular flexibility index (Phi) is 11.3. The Morgan fingerprint density at radius 1 is 1.16 bits per heavy atom. The minimum absolute atomic E-state index is 0. The summed E-state index contributed by atoms with van der Waals surface area (Å²) < 4.78 is 0. The Bertz CT molecular complexity index is 382. The van der Waals surface area contributed by atoms with Crippen molar-refractivity contribution in [3.05, 3.63) is 0 Å². The Hall–Kier alpha value is -0.0800. The number of nitrogens with zero attached hydrogens (tertiary/aromatic N) is 3. The minimum Gasteiger partial charge on any atom is -0.357 e. The lowest BCUT2D eigenvalue weighted by molar-refractivity contribution is 0.147. The number of likely N-dealkylation sites (N-methyl/N-ethyl adjacent to an activating group) is 1. The van der Waals surface area contributed by atoms with Gasteiger partial charge in [-0.15, -0.1) is 24.0 Å². The molecular weight excluding hydrogens is 425 g/mol. The molecule has 2 unspecified atom stereocenters. The van der Waals surface area contributed by atoms with Crippen molar-refractivity contribution >= 4 is 29.9 Å². The molecule has 1 heterocycles. The summed E-state index contributed by atoms with van der Waals surface area (Å²) >= 11 is 0. The molecule has 2 fully saturated rings. The van der Waals surface area contributed by atoms with E-state index in [0.717, 1.165) is 44.1 Å². The molecule has 1 aliphatic carbocycles. The van der Waals surface area contributed by atoms with Crippen LogP contribution < -0.4 is 10.6 Å². The molecule has 5 nitrogen and oxygen atoms in total. The van der Waals surface area contributed by atoms with Crippen LogP contribution in [-0.2, 0) is 0 Å². The van der Waals surface area contributed by atoms with Gasteiger partial charge in [-0.05, 0) is 65.6 Å². The van der Waals surface area contributed by atoms with Crippen molar-refractivity contribution in [3.8, 4) is 0 Å². The molecule has 0 radical (unpaired) electrons. The van der Waals surface area contributed by atoms with Gasteiger partial charge in [-0.1, -0.05) is 13.3 Å². The molecule has 2 aliphatic rings. The summed E-state index contributed by atoms with van der Waals surface area (Å²) in [4.78, 5) is 9.85. The lowest BCUT2D eigenvalue weighted by Crippen LogP contribution is -2.46. The summed E-state index contributed by atoms with van der Waals surface area (Å²) in [5.74, 6) is 1.83. The van der Waals surface area contributed by atoms with Crippen molar-refractivity contribution in [3.63, 3.8) is 0 Å². The minimum atomic E-state index is 0. The zero-order valence-electron chi connectivity index (χ0n) is 16.8. The topological polar surface area (TPSA) is 42.9 Å². The van der Waals surface area contributed by atoms with Crippen molar-refractivity contribution < 1.29 is 0 Å². The summed E-state index contributed by atoms with van der Waals surface area (Å²) in [5, 5.41) is 6.95. The van der Waals surface area contributed by atoms with Gasteiger partial charge in [0.15, 0.2) is 5.96 Å². The zero-order chi connectivity index (χ0) is 17.4. The van der Waals surface area contributed by atoms with Crippen LogP contribution in [0.1, 0.15) is 52.4 Å². The van der Waals surface area contributed by atoms with Gasteiger partial charge in [0.25, 0.3) is 0 Å². The first kappa shape index (κ1) is 23.0. The van der Waals surface area contributed by atoms with Gasteiger partial charge in [-0.25, -0.2) is 0 Å². The molecule has 0 amide bonds. The average Bonchev–Trinajstić information content (AvgIpc) is 3.40. The van der Waals surface area contributed by atoms with Gasteiger partial charge in [0, 0.05) is 31.7 Å². The predicted molar refractivity (Wildman–Crippen MR) is 119 cm³/mol. The lowest BCUT2D eigenvalue weighted by atomic mass is 10.0. The molecule has 148 valence electrons. The second-order valence-corrected chi connectivity index (χ2v) is 7.61. The molecule has 0 bridgehead atoms. The molecule has 0 spiro atoms. The van der Waals surface area contributed by atoms with Crippen LogP contribution in [0.3, 0.4) is 0 Å². The Labute approximate surface area is 172 Å². The summed E-state index contributed by atoms with van der Waals surface area (Å²) in [6.45, 7) is 9.65. The molecule has 0 aromatic heterocycles. The number of hydrogen-bond donors (Lipinski definition) is 2. The third kappa shape index (κ3) is 7.99. The van der Waals surface area contributed by atoms with E-state index in [2.05, 4.69) is 48.4 Å². The van der Waals surface area contributed by atoms with Gasteiger partial charge < -0.3 is 15.5 Å². The lowest BCUT2D eigenvalue weighted by Gasteiger charge is -2.35. The SMILES string of the molecule is CCNC(=NCC(C1CC1)N(C)C)NCCN1CCCCC1CC.I. The zero-order valence-corrected chi connectivity index (χ0v) is 19.1. The maximum Gasteiger partial charge on any atom is 0.191 e. The first-order chi connectivity index (χ1) is 11.7. The van der Waals surface area contributed by atoms with Crippen molar-refractivity contribution in [2.45, 2.75) is 64.5 Å². The van der Waals surface area contributed by atoms with Gasteiger partial charge in [-0.2, -0.15) is 0 Å². The highest BCUT2D eigenvalue weighted by molar-refractivity contribution is 14.0. The molecule has 2 N–H and O–H groups in total. The third-order valence-electron chi connectivity index (χ3n) is 5.52. The van der Waals surface area contributed by atoms with Crippen molar-refractivity contribution in [1.29, 1.82) is 0 Å². The summed E-state index contributed by atoms with van der Waals surface area (Å²) in [5.41, 5.74) is 0. The van der Waals surface area contributed by atoms with Crippen LogP contribution in [0, 0.1) is 5.92 Å². The quantitative estimate of drug-likeness (QED) is 0.312. The van der Waals surface area contributed by atoms with E-state index in [1.165, 1.54) is 45.1 Å². The van der Waals surface area contributed by atoms with Crippen LogP contribution in [-0.4, -0.2) is 74.7 Å². The molecule has 2 atom stereocenters. The van der Waals surface area contributed by atoms with Crippen molar-refractivity contribution in [1.82, 2.24) is 20.4 Å². The number of halogens is 1. The first-order valence-electron chi connectivity index (χ1n) is 10.1. The second kappa shape index (κ2) is 12.3. The summed E-state index contributed by atoms with van der Waals surface area (Å²) in [7, 11) is 4.36. The Balaban J connectivity index is 0.00000312. The highest BCUT2D eigenvalue weighted by Crippen LogP contribution is 2.34. The summed E-state index contributed by atoms with van der Waals surface area (Å²) in [6.07, 6.45) is 8.15. The fraction of sp³-hybridized carbons (Fsp3) is 0.947. The number of likely N-dealkylation sites (tertiary alicyclic amines) is 1. The van der Waals surface area contributed by atoms with Crippen molar-refractivity contribution in [2.75, 3.05) is 46.8 Å². The van der Waals surface area contributed by atoms with E-state index >= 15 is 0 Å². The second-order valence-electron chi connectivity index (χ2n) is 7.61. The molecule has 0 aromatic rings. The highest BCUT2D eigenvalue weighted by atomic mass is 127. The molecule has 6 heteroatoms. The monoisotopic (exact) mass is 465 g/mol. The number of rotatable bonds is 9. The Morgan fingerprint density at radius 2 is 1.92 bits per heavy atom. The van der Waals surface area contributed by atoms with E-state index in [1.54, 1.807) is 0 Å². The first-order valence-corrected chi connectivity index (χ1v) is 10.1. The van der Waals surface area contributed by atoms with E-state index in [1.807, 2.05) is 0 Å². The van der Waals surface area contributed by atoms with E-state index < -0.39 is 0 Å². The number of guanidine groups is 1. The van der Waals surface area contributed by atoms with Gasteiger partial charge in [0.2, 0.25) is 0 Å². The van der Waals surface area contributed by atoms with Crippen LogP contribution in [0.4, 0.5) is 0 Å². The number of piperidine rings is 1. The van der Waals surface area contributed by atoms with E-state index in [4.69, 9.17) is 4.99 Å². The van der Waals surface area contributed by atoms with Gasteiger partial charge >= 0.3 is 0 Å². The molecule has 25 heavy (non-hydrogen) atoms. The summed E-state index contributed by atoms with van der Waals surface area (Å²) in [6, 6.07) is 1.38. The number of hydrogen-bond acceptors (Lipinski definition) is 3. The smallest absolute Gasteiger partial charge is 0.191 e. The normalized spacial score (nSPS) is 23.2. The van der Waals surface area contributed by atoms with Crippen LogP contribution in [0.25, 0.3) is 0 Å². The molecule has 2 rings (SSSR count). The van der Waals surface area contributed by atoms with E-state index in [-0.39, 0.29) is 24.0 Å². The van der Waals surface area contributed by atoms with E-state index in [0.29, 0.717) is 6.04 Å². The van der Waals surface area contributed by atoms with Crippen LogP contribution in [0.15, 0.2) is 4.99 Å². The van der Waals surface area contributed by atoms with E-state index in [9.17, 15) is 0 Å². The van der Waals surface area contributed by atoms with Gasteiger partial charge in [-0.3, -0.25) is 9.89 Å². The van der Waals surface area contributed by atoms with Crippen LogP contribution in [0.5, 0.6) is 0 Å². The van der Waals surface area contributed by atoms with Gasteiger partial charge in [0.1, 0.15) is 0 Å². The maximum atomic E-state index is 4.85. The largest absolute Gasteiger partial charge is 0.357 e. The average molecular weight is 465 g/mol. The third-order valence-corrected chi connectivity index (χ3v) is 5.52. The molecule has 1 saturated carbocycles. The fourth-order valence-electron chi connectivity index (χ4n) is 3.88. The Morgan fingerprint density at radius 3 is 2.52 bits per heavy atom. The standard InChI is InChI=1S/C19H39N5.HI/c1-5-17-9-7-8-13-24(17)14-12-21-19(20-6-2)22-15-18(23(3)4)16-10-11-16;/h16-18H,5-15H2,1-4H3,(H2,20,21,22);1H. The fourth-order valence-corrected chi connectivity index (χ4v) is 3.88. The molecule has 1 aliphatic heterocycles. The predicted octanol–water partition coefficient (Wildman–Crippen LogP) is 2.76. The number of aliphatic imine (C=N–C) groups is 1. The molecular formula is C19H40IN5. The van der Waals surface area contributed by atoms with Crippen LogP contribution in [0.2, 0.25) is 0 Å². The van der Waals surface area contributed by atoms with Crippen molar-refractivity contribution in [2.24, 2.45) is 10.9 Å². The van der Waals surface area contributed by atoms with Gasteiger partial charge in [0.05, 0.1) is 6.54 Å². The van der Waals surface area contributed by atoms with Crippen LogP contribution >= 0.6 is 24.0 Å². The maximum absolute atomic E-state index is 4.85. The number of nitrogens with one attached hydrogen (secondary N) is 2. The molecule has 1 saturated heterocycles. The molecule has 0 aromatic carbocycles. The highest BCUT2D eigenvalue weighted by Gasteiger charge is 2.32.